The number of urea groups is 1. The molecule has 0 aliphatic carbocycles. The van der Waals surface area contributed by atoms with Gasteiger partial charge in [0.25, 0.3) is 0 Å². The van der Waals surface area contributed by atoms with E-state index in [-0.39, 0.29) is 18.0 Å². The van der Waals surface area contributed by atoms with Gasteiger partial charge in [0.05, 0.1) is 26.0 Å². The molecule has 2 aromatic rings. The second kappa shape index (κ2) is 8.91. The molecule has 152 valence electrons. The van der Waals surface area contributed by atoms with Gasteiger partial charge in [-0.2, -0.15) is 0 Å². The number of carbonyl (C=O) groups excluding carboxylic acids is 2. The molecule has 0 spiro atoms. The van der Waals surface area contributed by atoms with E-state index in [4.69, 9.17) is 9.47 Å². The summed E-state index contributed by atoms with van der Waals surface area (Å²) in [5.41, 5.74) is 0.687. The van der Waals surface area contributed by atoms with Gasteiger partial charge in [0.2, 0.25) is 5.91 Å². The van der Waals surface area contributed by atoms with E-state index in [1.54, 1.807) is 28.3 Å². The molecular weight excluding hydrogens is 372 g/mol. The largest absolute Gasteiger partial charge is 0.487 e. The van der Waals surface area contributed by atoms with E-state index >= 15 is 0 Å². The molecule has 2 atom stereocenters. The van der Waals surface area contributed by atoms with Crippen molar-refractivity contribution in [2.75, 3.05) is 38.2 Å². The molecule has 4 rings (SSSR count). The first kappa shape index (κ1) is 19.2. The molecule has 0 unspecified atom stereocenters. The number of morpholine rings is 1. The Kier molecular flexibility index (Phi) is 5.90. The maximum absolute atomic E-state index is 13.1. The van der Waals surface area contributed by atoms with E-state index in [1.807, 2.05) is 36.4 Å². The zero-order valence-electron chi connectivity index (χ0n) is 16.1. The Balaban J connectivity index is 1.49. The van der Waals surface area contributed by atoms with Crippen molar-refractivity contribution in [1.29, 1.82) is 0 Å². The van der Waals surface area contributed by atoms with E-state index in [1.165, 1.54) is 0 Å². The maximum Gasteiger partial charge on any atom is 0.322 e. The number of nitrogens with zero attached hydrogens (tertiary/aromatic N) is 3. The number of aromatic nitrogens is 1. The third-order valence-electron chi connectivity index (χ3n) is 5.09. The van der Waals surface area contributed by atoms with E-state index in [9.17, 15) is 9.59 Å². The van der Waals surface area contributed by atoms with Crippen LogP contribution in [-0.4, -0.2) is 71.7 Å². The number of amides is 3. The molecule has 1 aromatic carbocycles. The minimum atomic E-state index is -0.571. The maximum atomic E-state index is 13.1. The Morgan fingerprint density at radius 2 is 1.90 bits per heavy atom. The molecule has 3 heterocycles. The normalized spacial score (nSPS) is 21.7. The Bertz CT molecular complexity index is 827. The van der Waals surface area contributed by atoms with Gasteiger partial charge in [-0.05, 0) is 24.3 Å². The quantitative estimate of drug-likeness (QED) is 0.855. The molecule has 0 radical (unpaired) electrons. The Morgan fingerprint density at radius 1 is 1.10 bits per heavy atom. The molecule has 29 heavy (non-hydrogen) atoms. The second-order valence-electron chi connectivity index (χ2n) is 7.07. The summed E-state index contributed by atoms with van der Waals surface area (Å²) in [6.45, 7) is 2.44. The molecule has 0 bridgehead atoms. The summed E-state index contributed by atoms with van der Waals surface area (Å²) in [5, 5.41) is 2.88. The van der Waals surface area contributed by atoms with Crippen LogP contribution in [0.25, 0.3) is 0 Å². The third kappa shape index (κ3) is 4.65. The summed E-state index contributed by atoms with van der Waals surface area (Å²) in [4.78, 5) is 33.5. The Labute approximate surface area is 169 Å². The fourth-order valence-corrected chi connectivity index (χ4v) is 3.66. The number of benzene rings is 1. The number of para-hydroxylation sites is 1. The number of hydrogen-bond acceptors (Lipinski definition) is 5. The number of rotatable bonds is 4. The van der Waals surface area contributed by atoms with Gasteiger partial charge in [-0.1, -0.05) is 18.2 Å². The highest BCUT2D eigenvalue weighted by Crippen LogP contribution is 2.25. The fraction of sp³-hybridized carbons (Fsp3) is 0.381. The topological polar surface area (TPSA) is 84.0 Å². The standard InChI is InChI=1S/C21H24N4O4/c26-20(24-9-11-28-12-10-24)19-13-18(29-17-7-4-8-22-14-17)15-25(19)21(27)23-16-5-2-1-3-6-16/h1-8,14,18-19H,9-13,15H2,(H,23,27)/t18-,19+/m0/s1. The lowest BCUT2D eigenvalue weighted by atomic mass is 10.1. The smallest absolute Gasteiger partial charge is 0.322 e. The van der Waals surface area contributed by atoms with Crippen LogP contribution in [0, 0.1) is 0 Å². The summed E-state index contributed by atoms with van der Waals surface area (Å²) >= 11 is 0. The minimum absolute atomic E-state index is 0.0613. The summed E-state index contributed by atoms with van der Waals surface area (Å²) in [7, 11) is 0. The lowest BCUT2D eigenvalue weighted by Gasteiger charge is -2.32. The number of ether oxygens (including phenoxy) is 2. The first-order valence-corrected chi connectivity index (χ1v) is 9.76. The van der Waals surface area contributed by atoms with Crippen LogP contribution in [-0.2, 0) is 9.53 Å². The Morgan fingerprint density at radius 3 is 2.62 bits per heavy atom. The highest BCUT2D eigenvalue weighted by atomic mass is 16.5. The third-order valence-corrected chi connectivity index (χ3v) is 5.09. The number of anilines is 1. The number of pyridine rings is 1. The van der Waals surface area contributed by atoms with Crippen LogP contribution in [0.5, 0.6) is 5.75 Å². The van der Waals surface area contributed by atoms with Crippen molar-refractivity contribution in [1.82, 2.24) is 14.8 Å². The van der Waals surface area contributed by atoms with Gasteiger partial charge in [0.1, 0.15) is 17.9 Å². The van der Waals surface area contributed by atoms with E-state index < -0.39 is 6.04 Å². The van der Waals surface area contributed by atoms with Gasteiger partial charge in [0.15, 0.2) is 0 Å². The van der Waals surface area contributed by atoms with Crippen LogP contribution in [0.4, 0.5) is 10.5 Å². The van der Waals surface area contributed by atoms with Crippen LogP contribution < -0.4 is 10.1 Å². The zero-order chi connectivity index (χ0) is 20.1. The van der Waals surface area contributed by atoms with Crippen molar-refractivity contribution in [2.45, 2.75) is 18.6 Å². The molecular formula is C21H24N4O4. The van der Waals surface area contributed by atoms with E-state index in [0.29, 0.717) is 50.7 Å². The molecule has 1 aromatic heterocycles. The lowest BCUT2D eigenvalue weighted by molar-refractivity contribution is -0.139. The van der Waals surface area contributed by atoms with Crippen LogP contribution in [0.15, 0.2) is 54.9 Å². The van der Waals surface area contributed by atoms with Gasteiger partial charge >= 0.3 is 6.03 Å². The molecule has 0 saturated carbocycles. The van der Waals surface area contributed by atoms with Gasteiger partial charge in [-0.25, -0.2) is 4.79 Å². The van der Waals surface area contributed by atoms with Crippen LogP contribution in [0.3, 0.4) is 0 Å². The number of likely N-dealkylation sites (tertiary alicyclic amines) is 1. The van der Waals surface area contributed by atoms with Crippen molar-refractivity contribution in [3.63, 3.8) is 0 Å². The molecule has 1 N–H and O–H groups in total. The first-order valence-electron chi connectivity index (χ1n) is 9.76. The number of hydrogen-bond donors (Lipinski definition) is 1. The molecule has 8 heteroatoms. The lowest BCUT2D eigenvalue weighted by Crippen LogP contribution is -2.51. The molecule has 2 fully saturated rings. The molecule has 2 saturated heterocycles. The SMILES string of the molecule is O=C([C@H]1C[C@H](Oc2cccnc2)CN1C(=O)Nc1ccccc1)N1CCOCC1. The Hall–Kier alpha value is -3.13. The highest BCUT2D eigenvalue weighted by molar-refractivity contribution is 5.94. The van der Waals surface area contributed by atoms with Crippen molar-refractivity contribution in [3.8, 4) is 5.75 Å². The second-order valence-corrected chi connectivity index (χ2v) is 7.07. The van der Waals surface area contributed by atoms with Crippen LogP contribution in [0.2, 0.25) is 0 Å². The molecule has 3 amide bonds. The predicted octanol–water partition coefficient (Wildman–Crippen LogP) is 1.99. The van der Waals surface area contributed by atoms with Crippen molar-refractivity contribution >= 4 is 17.6 Å². The van der Waals surface area contributed by atoms with Crippen LogP contribution >= 0.6 is 0 Å². The number of nitrogens with one attached hydrogen (secondary N) is 1. The van der Waals surface area contributed by atoms with E-state index in [0.717, 1.165) is 0 Å². The van der Waals surface area contributed by atoms with Gasteiger partial charge < -0.3 is 24.6 Å². The number of carbonyl (C=O) groups is 2. The molecule has 8 nitrogen and oxygen atoms in total. The zero-order valence-corrected chi connectivity index (χ0v) is 16.1. The summed E-state index contributed by atoms with van der Waals surface area (Å²) in [5.74, 6) is 0.564. The molecule has 2 aliphatic heterocycles. The minimum Gasteiger partial charge on any atom is -0.487 e. The van der Waals surface area contributed by atoms with Crippen molar-refractivity contribution in [2.24, 2.45) is 0 Å². The fourth-order valence-electron chi connectivity index (χ4n) is 3.66. The van der Waals surface area contributed by atoms with Crippen molar-refractivity contribution < 1.29 is 19.1 Å². The molecule has 2 aliphatic rings. The van der Waals surface area contributed by atoms with E-state index in [2.05, 4.69) is 10.3 Å². The monoisotopic (exact) mass is 396 g/mol. The summed E-state index contributed by atoms with van der Waals surface area (Å²) < 4.78 is 11.3. The van der Waals surface area contributed by atoms with Crippen molar-refractivity contribution in [3.05, 3.63) is 54.9 Å². The average molecular weight is 396 g/mol. The summed E-state index contributed by atoms with van der Waals surface area (Å²) in [6.07, 6.45) is 3.46. The van der Waals surface area contributed by atoms with Gasteiger partial charge in [-0.15, -0.1) is 0 Å². The van der Waals surface area contributed by atoms with Gasteiger partial charge in [-0.3, -0.25) is 9.78 Å². The highest BCUT2D eigenvalue weighted by Gasteiger charge is 2.42. The van der Waals surface area contributed by atoms with Crippen LogP contribution in [0.1, 0.15) is 6.42 Å². The predicted molar refractivity (Wildman–Crippen MR) is 107 cm³/mol. The first-order chi connectivity index (χ1) is 14.2. The summed E-state index contributed by atoms with van der Waals surface area (Å²) in [6, 6.07) is 12.0. The average Bonchev–Trinajstić information content (AvgIpc) is 3.19. The van der Waals surface area contributed by atoms with Gasteiger partial charge in [0, 0.05) is 31.4 Å².